The van der Waals surface area contributed by atoms with Crippen molar-refractivity contribution in [3.05, 3.63) is 58.1 Å². The first-order valence-electron chi connectivity index (χ1n) is 10.2. The van der Waals surface area contributed by atoms with Gasteiger partial charge in [-0.3, -0.25) is 4.79 Å². The van der Waals surface area contributed by atoms with Crippen LogP contribution >= 0.6 is 11.6 Å². The number of carbonyl (C=O) groups is 1. The minimum Gasteiger partial charge on any atom is -0.353 e. The number of amidine groups is 2. The molecule has 1 N–H and O–H groups in total. The lowest BCUT2D eigenvalue weighted by atomic mass is 9.88. The third kappa shape index (κ3) is 4.45. The van der Waals surface area contributed by atoms with E-state index in [2.05, 4.69) is 10.2 Å². The van der Waals surface area contributed by atoms with Crippen molar-refractivity contribution in [3.63, 3.8) is 0 Å². The van der Waals surface area contributed by atoms with Crippen LogP contribution in [0.1, 0.15) is 58.4 Å². The molecule has 0 aromatic heterocycles. The van der Waals surface area contributed by atoms with Gasteiger partial charge in [0.15, 0.2) is 5.84 Å². The number of rotatable bonds is 4. The molecular formula is C23H27ClN4O. The Hall–Kier alpha value is -2.40. The quantitative estimate of drug-likeness (QED) is 0.743. The maximum Gasteiger partial charge on any atom is 0.179 e. The maximum absolute atomic E-state index is 12.8. The highest BCUT2D eigenvalue weighted by atomic mass is 35.5. The van der Waals surface area contributed by atoms with E-state index in [1.807, 2.05) is 51.2 Å². The summed E-state index contributed by atoms with van der Waals surface area (Å²) < 4.78 is 0. The highest BCUT2D eigenvalue weighted by Crippen LogP contribution is 2.30. The Morgan fingerprint density at radius 2 is 1.86 bits per heavy atom. The van der Waals surface area contributed by atoms with Gasteiger partial charge in [-0.05, 0) is 43.4 Å². The summed E-state index contributed by atoms with van der Waals surface area (Å²) in [4.78, 5) is 24.5. The number of carbonyl (C=O) groups excluding carboxylic acids is 1. The van der Waals surface area contributed by atoms with E-state index in [4.69, 9.17) is 21.6 Å². The summed E-state index contributed by atoms with van der Waals surface area (Å²) in [6.45, 7) is 6.46. The standard InChI is InChI=1S/C23H27ClN4O/c1-23(2,3)20(29)12-21-27-22-19(25-17-6-4-5-7-18(17)26-22)14-28(21)13-15-8-10-16(24)11-9-15/h8-11,14,25H,4-7,12-13H2,1-3H3. The van der Waals surface area contributed by atoms with Crippen LogP contribution in [0.15, 0.2) is 57.5 Å². The number of Topliss-reactive ketones (excluding diaryl/α,β-unsaturated/α-hetero) is 1. The molecule has 4 rings (SSSR count). The third-order valence-electron chi connectivity index (χ3n) is 5.48. The maximum atomic E-state index is 12.8. The van der Waals surface area contributed by atoms with Crippen LogP contribution < -0.4 is 5.32 Å². The van der Waals surface area contributed by atoms with E-state index in [0.717, 1.165) is 42.1 Å². The summed E-state index contributed by atoms with van der Waals surface area (Å²) in [7, 11) is 0. The van der Waals surface area contributed by atoms with Gasteiger partial charge in [0.25, 0.3) is 0 Å². The summed E-state index contributed by atoms with van der Waals surface area (Å²) in [5, 5.41) is 4.25. The molecule has 0 spiro atoms. The second-order valence-corrected chi connectivity index (χ2v) is 9.30. The van der Waals surface area contributed by atoms with Crippen LogP contribution in [0.3, 0.4) is 0 Å². The van der Waals surface area contributed by atoms with Gasteiger partial charge in [-0.25, -0.2) is 9.98 Å². The number of hydrogen-bond acceptors (Lipinski definition) is 5. The van der Waals surface area contributed by atoms with Gasteiger partial charge in [-0.2, -0.15) is 0 Å². The van der Waals surface area contributed by atoms with Crippen molar-refractivity contribution in [1.29, 1.82) is 0 Å². The topological polar surface area (TPSA) is 57.1 Å². The lowest BCUT2D eigenvalue weighted by Crippen LogP contribution is -2.39. The number of allylic oxidation sites excluding steroid dienone is 2. The second kappa shape index (κ2) is 7.79. The van der Waals surface area contributed by atoms with Crippen LogP contribution in [0.4, 0.5) is 0 Å². The van der Waals surface area contributed by atoms with Crippen LogP contribution in [0.2, 0.25) is 5.02 Å². The summed E-state index contributed by atoms with van der Waals surface area (Å²) in [6.07, 6.45) is 6.69. The molecular weight excluding hydrogens is 384 g/mol. The zero-order chi connectivity index (χ0) is 20.6. The van der Waals surface area contributed by atoms with Gasteiger partial charge in [0.1, 0.15) is 17.3 Å². The molecule has 152 valence electrons. The molecule has 5 nitrogen and oxygen atoms in total. The van der Waals surface area contributed by atoms with Crippen molar-refractivity contribution in [1.82, 2.24) is 10.2 Å². The predicted molar refractivity (Wildman–Crippen MR) is 118 cm³/mol. The van der Waals surface area contributed by atoms with Gasteiger partial charge in [0.2, 0.25) is 0 Å². The van der Waals surface area contributed by atoms with Crippen molar-refractivity contribution < 1.29 is 4.79 Å². The molecule has 0 saturated heterocycles. The van der Waals surface area contributed by atoms with Gasteiger partial charge in [0, 0.05) is 28.9 Å². The smallest absolute Gasteiger partial charge is 0.179 e. The van der Waals surface area contributed by atoms with Crippen LogP contribution in [-0.2, 0) is 11.3 Å². The van der Waals surface area contributed by atoms with E-state index < -0.39 is 5.41 Å². The molecule has 0 amide bonds. The normalized spacial score (nSPS) is 18.9. The summed E-state index contributed by atoms with van der Waals surface area (Å²) >= 11 is 6.03. The average Bonchev–Trinajstić information content (AvgIpc) is 2.68. The zero-order valence-corrected chi connectivity index (χ0v) is 18.0. The Morgan fingerprint density at radius 3 is 2.59 bits per heavy atom. The molecule has 2 aliphatic heterocycles. The van der Waals surface area contributed by atoms with Gasteiger partial charge in [-0.1, -0.05) is 44.5 Å². The molecule has 29 heavy (non-hydrogen) atoms. The van der Waals surface area contributed by atoms with E-state index in [1.165, 1.54) is 12.1 Å². The molecule has 0 unspecified atom stereocenters. The Labute approximate surface area is 177 Å². The molecule has 0 atom stereocenters. The Morgan fingerprint density at radius 1 is 1.14 bits per heavy atom. The molecule has 0 fully saturated rings. The molecule has 0 saturated carbocycles. The molecule has 1 aromatic rings. The molecule has 1 aromatic carbocycles. The minimum absolute atomic E-state index is 0.163. The first-order valence-corrected chi connectivity index (χ1v) is 10.6. The summed E-state index contributed by atoms with van der Waals surface area (Å²) in [6, 6.07) is 7.78. The van der Waals surface area contributed by atoms with E-state index in [1.54, 1.807) is 0 Å². The molecule has 1 aliphatic carbocycles. The van der Waals surface area contributed by atoms with E-state index >= 15 is 0 Å². The first-order chi connectivity index (χ1) is 13.8. The SMILES string of the molecule is CC(C)(C)C(=O)CC1=NC2=NC3=C(CCCC3)NC2=CN1Cc1ccc(Cl)cc1. The van der Waals surface area contributed by atoms with Crippen LogP contribution in [0.5, 0.6) is 0 Å². The van der Waals surface area contributed by atoms with Gasteiger partial charge in [0.05, 0.1) is 12.1 Å². The van der Waals surface area contributed by atoms with Crippen molar-refractivity contribution in [2.24, 2.45) is 15.4 Å². The number of hydrogen-bond donors (Lipinski definition) is 1. The number of benzene rings is 1. The third-order valence-corrected chi connectivity index (χ3v) is 5.73. The molecule has 2 heterocycles. The van der Waals surface area contributed by atoms with Crippen LogP contribution in [0, 0.1) is 5.41 Å². The lowest BCUT2D eigenvalue weighted by molar-refractivity contribution is -0.125. The first kappa shape index (κ1) is 19.9. The average molecular weight is 411 g/mol. The summed E-state index contributed by atoms with van der Waals surface area (Å²) in [5.41, 5.74) is 3.92. The van der Waals surface area contributed by atoms with E-state index in [0.29, 0.717) is 17.4 Å². The van der Waals surface area contributed by atoms with Gasteiger partial charge in [-0.15, -0.1) is 0 Å². The van der Waals surface area contributed by atoms with Gasteiger partial charge >= 0.3 is 0 Å². The minimum atomic E-state index is -0.413. The van der Waals surface area contributed by atoms with Crippen molar-refractivity contribution in [3.8, 4) is 0 Å². The highest BCUT2D eigenvalue weighted by molar-refractivity contribution is 6.30. The monoisotopic (exact) mass is 410 g/mol. The fourth-order valence-electron chi connectivity index (χ4n) is 3.62. The van der Waals surface area contributed by atoms with Crippen LogP contribution in [-0.4, -0.2) is 22.4 Å². The lowest BCUT2D eigenvalue weighted by Gasteiger charge is -2.32. The Bertz CT molecular complexity index is 948. The number of nitrogens with one attached hydrogen (secondary N) is 1. The zero-order valence-electron chi connectivity index (χ0n) is 17.3. The molecule has 6 heteroatoms. The fourth-order valence-corrected chi connectivity index (χ4v) is 3.75. The number of ketones is 1. The van der Waals surface area contributed by atoms with Crippen LogP contribution in [0.25, 0.3) is 0 Å². The second-order valence-electron chi connectivity index (χ2n) is 8.87. The molecule has 3 aliphatic rings. The molecule has 0 radical (unpaired) electrons. The Kier molecular flexibility index (Phi) is 5.34. The fraction of sp³-hybridized carbons (Fsp3) is 0.435. The number of nitrogens with zero attached hydrogens (tertiary/aromatic N) is 3. The van der Waals surface area contributed by atoms with Crippen molar-refractivity contribution >= 4 is 29.1 Å². The van der Waals surface area contributed by atoms with Crippen molar-refractivity contribution in [2.45, 2.75) is 59.4 Å². The van der Waals surface area contributed by atoms with Gasteiger partial charge < -0.3 is 10.2 Å². The largest absolute Gasteiger partial charge is 0.353 e. The van der Waals surface area contributed by atoms with E-state index in [9.17, 15) is 4.79 Å². The summed E-state index contributed by atoms with van der Waals surface area (Å²) in [5.74, 6) is 1.59. The Balaban J connectivity index is 1.66. The number of aliphatic imine (C=N–C) groups is 2. The predicted octanol–water partition coefficient (Wildman–Crippen LogP) is 5.19. The molecule has 0 bridgehead atoms. The number of fused-ring (bicyclic) bond motifs is 1. The van der Waals surface area contributed by atoms with E-state index in [-0.39, 0.29) is 12.2 Å². The number of halogens is 1. The highest BCUT2D eigenvalue weighted by Gasteiger charge is 2.30. The van der Waals surface area contributed by atoms with Crippen molar-refractivity contribution in [2.75, 3.05) is 0 Å².